The van der Waals surface area contributed by atoms with Gasteiger partial charge in [0.2, 0.25) is 0 Å². The summed E-state index contributed by atoms with van der Waals surface area (Å²) in [6.07, 6.45) is 1.57. The first-order valence-electron chi connectivity index (χ1n) is 7.73. The molecule has 0 aliphatic rings. The van der Waals surface area contributed by atoms with E-state index >= 15 is 0 Å². The predicted octanol–water partition coefficient (Wildman–Crippen LogP) is 2.46. The number of hydrogen-bond acceptors (Lipinski definition) is 4. The number of nitrogens with one attached hydrogen (secondary N) is 1. The second kappa shape index (κ2) is 6.95. The molecule has 0 saturated heterocycles. The third kappa shape index (κ3) is 4.41. The summed E-state index contributed by atoms with van der Waals surface area (Å²) in [5.74, 6) is 0. The summed E-state index contributed by atoms with van der Waals surface area (Å²) in [6.45, 7) is 7.23. The summed E-state index contributed by atoms with van der Waals surface area (Å²) in [5.41, 5.74) is 3.45. The normalized spacial score (nSPS) is 12.9. The highest BCUT2D eigenvalue weighted by molar-refractivity contribution is 5.63. The SMILES string of the molecule is Cn1cc(CNCC(O)C(C)(C)C)c(-c2ccc(C#N)cc2)n1. The van der Waals surface area contributed by atoms with Crippen LogP contribution in [0.1, 0.15) is 31.9 Å². The van der Waals surface area contributed by atoms with E-state index in [9.17, 15) is 5.11 Å². The van der Waals surface area contributed by atoms with Gasteiger partial charge >= 0.3 is 0 Å². The van der Waals surface area contributed by atoms with Crippen molar-refractivity contribution in [2.24, 2.45) is 12.5 Å². The number of hydrogen-bond donors (Lipinski definition) is 2. The van der Waals surface area contributed by atoms with Crippen LogP contribution >= 0.6 is 0 Å². The fraction of sp³-hybridized carbons (Fsp3) is 0.444. The molecule has 0 bridgehead atoms. The van der Waals surface area contributed by atoms with Crippen molar-refractivity contribution in [1.29, 1.82) is 5.26 Å². The lowest BCUT2D eigenvalue weighted by Gasteiger charge is -2.26. The zero-order valence-electron chi connectivity index (χ0n) is 14.2. The number of benzene rings is 1. The number of nitriles is 1. The Morgan fingerprint density at radius 3 is 2.52 bits per heavy atom. The average molecular weight is 312 g/mol. The first-order chi connectivity index (χ1) is 10.8. The van der Waals surface area contributed by atoms with Crippen LogP contribution in [0.3, 0.4) is 0 Å². The van der Waals surface area contributed by atoms with E-state index in [1.54, 1.807) is 16.8 Å². The van der Waals surface area contributed by atoms with Crippen LogP contribution in [-0.4, -0.2) is 27.5 Å². The Labute approximate surface area is 137 Å². The van der Waals surface area contributed by atoms with E-state index in [0.717, 1.165) is 16.8 Å². The van der Waals surface area contributed by atoms with Crippen molar-refractivity contribution < 1.29 is 5.11 Å². The van der Waals surface area contributed by atoms with E-state index in [4.69, 9.17) is 5.26 Å². The molecule has 0 amide bonds. The van der Waals surface area contributed by atoms with Crippen LogP contribution in [0.5, 0.6) is 0 Å². The van der Waals surface area contributed by atoms with E-state index in [-0.39, 0.29) is 5.41 Å². The number of nitrogens with zero attached hydrogens (tertiary/aromatic N) is 3. The number of aliphatic hydroxyl groups is 1. The lowest BCUT2D eigenvalue weighted by atomic mass is 9.89. The fourth-order valence-electron chi connectivity index (χ4n) is 2.26. The fourth-order valence-corrected chi connectivity index (χ4v) is 2.26. The van der Waals surface area contributed by atoms with Crippen LogP contribution < -0.4 is 5.32 Å². The molecule has 2 aromatic rings. The lowest BCUT2D eigenvalue weighted by molar-refractivity contribution is 0.0628. The Kier molecular flexibility index (Phi) is 5.19. The maximum absolute atomic E-state index is 10.1. The van der Waals surface area contributed by atoms with E-state index in [1.807, 2.05) is 46.1 Å². The van der Waals surface area contributed by atoms with Crippen molar-refractivity contribution in [3.8, 4) is 17.3 Å². The van der Waals surface area contributed by atoms with Gasteiger partial charge in [0, 0.05) is 37.5 Å². The molecule has 5 heteroatoms. The molecule has 1 aromatic heterocycles. The lowest BCUT2D eigenvalue weighted by Crippen LogP contribution is -2.36. The van der Waals surface area contributed by atoms with Crippen LogP contribution in [0.4, 0.5) is 0 Å². The van der Waals surface area contributed by atoms with Gasteiger partial charge in [0.05, 0.1) is 23.4 Å². The Balaban J connectivity index is 2.10. The topological polar surface area (TPSA) is 73.9 Å². The van der Waals surface area contributed by atoms with Crippen molar-refractivity contribution in [3.63, 3.8) is 0 Å². The molecule has 0 aliphatic heterocycles. The van der Waals surface area contributed by atoms with Gasteiger partial charge in [0.25, 0.3) is 0 Å². The second-order valence-electron chi connectivity index (χ2n) is 6.88. The number of aryl methyl sites for hydroxylation is 1. The van der Waals surface area contributed by atoms with Crippen molar-refractivity contribution in [2.45, 2.75) is 33.4 Å². The number of rotatable bonds is 5. The molecular weight excluding hydrogens is 288 g/mol. The first kappa shape index (κ1) is 17.2. The third-order valence-electron chi connectivity index (χ3n) is 3.84. The van der Waals surface area contributed by atoms with Gasteiger partial charge in [-0.3, -0.25) is 4.68 Å². The molecule has 1 atom stereocenters. The van der Waals surface area contributed by atoms with Gasteiger partial charge in [-0.15, -0.1) is 0 Å². The van der Waals surface area contributed by atoms with Gasteiger partial charge in [-0.2, -0.15) is 10.4 Å². The van der Waals surface area contributed by atoms with Crippen LogP contribution in [0.25, 0.3) is 11.3 Å². The standard InChI is InChI=1S/C18H24N4O/c1-18(2,3)16(23)11-20-10-15-12-22(4)21-17(15)14-7-5-13(9-19)6-8-14/h5-8,12,16,20,23H,10-11H2,1-4H3. The van der Waals surface area contributed by atoms with Crippen LogP contribution in [0, 0.1) is 16.7 Å². The summed E-state index contributed by atoms with van der Waals surface area (Å²) >= 11 is 0. The average Bonchev–Trinajstić information content (AvgIpc) is 2.87. The predicted molar refractivity (Wildman–Crippen MR) is 90.5 cm³/mol. The molecule has 2 N–H and O–H groups in total. The molecule has 5 nitrogen and oxygen atoms in total. The van der Waals surface area contributed by atoms with E-state index < -0.39 is 6.10 Å². The minimum absolute atomic E-state index is 0.141. The largest absolute Gasteiger partial charge is 0.391 e. The summed E-state index contributed by atoms with van der Waals surface area (Å²) in [5, 5.41) is 26.8. The highest BCUT2D eigenvalue weighted by atomic mass is 16.3. The molecule has 122 valence electrons. The van der Waals surface area contributed by atoms with E-state index in [2.05, 4.69) is 16.5 Å². The van der Waals surface area contributed by atoms with Gasteiger partial charge < -0.3 is 10.4 Å². The van der Waals surface area contributed by atoms with Crippen LogP contribution in [0.15, 0.2) is 30.5 Å². The Morgan fingerprint density at radius 2 is 1.96 bits per heavy atom. The molecule has 2 rings (SSSR count). The molecule has 1 aromatic carbocycles. The van der Waals surface area contributed by atoms with Gasteiger partial charge in [-0.1, -0.05) is 32.9 Å². The molecule has 0 aliphatic carbocycles. The van der Waals surface area contributed by atoms with Crippen molar-refractivity contribution >= 4 is 0 Å². The zero-order chi connectivity index (χ0) is 17.0. The smallest absolute Gasteiger partial charge is 0.0991 e. The molecule has 0 saturated carbocycles. The molecule has 23 heavy (non-hydrogen) atoms. The van der Waals surface area contributed by atoms with E-state index in [1.165, 1.54) is 0 Å². The molecule has 1 heterocycles. The molecule has 0 fully saturated rings. The van der Waals surface area contributed by atoms with Gasteiger partial charge in [0.15, 0.2) is 0 Å². The zero-order valence-corrected chi connectivity index (χ0v) is 14.2. The van der Waals surface area contributed by atoms with Crippen molar-refractivity contribution in [1.82, 2.24) is 15.1 Å². The first-order valence-corrected chi connectivity index (χ1v) is 7.73. The van der Waals surface area contributed by atoms with Gasteiger partial charge in [0.1, 0.15) is 0 Å². The highest BCUT2D eigenvalue weighted by Crippen LogP contribution is 2.23. The minimum atomic E-state index is -0.405. The Morgan fingerprint density at radius 1 is 1.30 bits per heavy atom. The number of aliphatic hydroxyl groups excluding tert-OH is 1. The summed E-state index contributed by atoms with van der Waals surface area (Å²) in [4.78, 5) is 0. The highest BCUT2D eigenvalue weighted by Gasteiger charge is 2.21. The maximum Gasteiger partial charge on any atom is 0.0991 e. The molecule has 0 spiro atoms. The third-order valence-corrected chi connectivity index (χ3v) is 3.84. The van der Waals surface area contributed by atoms with Crippen LogP contribution in [0.2, 0.25) is 0 Å². The summed E-state index contributed by atoms with van der Waals surface area (Å²) in [6, 6.07) is 9.54. The van der Waals surface area contributed by atoms with E-state index in [0.29, 0.717) is 18.7 Å². The summed E-state index contributed by atoms with van der Waals surface area (Å²) in [7, 11) is 1.89. The van der Waals surface area contributed by atoms with Crippen molar-refractivity contribution in [3.05, 3.63) is 41.6 Å². The second-order valence-corrected chi connectivity index (χ2v) is 6.88. The molecule has 1 unspecified atom stereocenters. The van der Waals surface area contributed by atoms with Crippen molar-refractivity contribution in [2.75, 3.05) is 6.54 Å². The summed E-state index contributed by atoms with van der Waals surface area (Å²) < 4.78 is 1.78. The van der Waals surface area contributed by atoms with Gasteiger partial charge in [-0.25, -0.2) is 0 Å². The number of aromatic nitrogens is 2. The monoisotopic (exact) mass is 312 g/mol. The van der Waals surface area contributed by atoms with Crippen LogP contribution in [-0.2, 0) is 13.6 Å². The van der Waals surface area contributed by atoms with Gasteiger partial charge in [-0.05, 0) is 17.5 Å². The Bertz CT molecular complexity index is 689. The molecule has 0 radical (unpaired) electrons. The quantitative estimate of drug-likeness (QED) is 0.889. The Hall–Kier alpha value is -2.16. The molecular formula is C18H24N4O. The maximum atomic E-state index is 10.1. The minimum Gasteiger partial charge on any atom is -0.391 e.